The summed E-state index contributed by atoms with van der Waals surface area (Å²) in [5.74, 6) is 0.282. The van der Waals surface area contributed by atoms with Gasteiger partial charge in [-0.2, -0.15) is 0 Å². The number of hydrogen-bond donors (Lipinski definition) is 1. The number of ether oxygens (including phenoxy) is 2. The van der Waals surface area contributed by atoms with Gasteiger partial charge in [0.05, 0.1) is 13.2 Å². The predicted molar refractivity (Wildman–Crippen MR) is 68.3 cm³/mol. The molecule has 0 heterocycles. The number of esters is 1. The van der Waals surface area contributed by atoms with Crippen molar-refractivity contribution in [3.63, 3.8) is 0 Å². The van der Waals surface area contributed by atoms with Gasteiger partial charge in [0.2, 0.25) is 0 Å². The zero-order valence-electron chi connectivity index (χ0n) is 10.9. The van der Waals surface area contributed by atoms with E-state index in [4.69, 9.17) is 14.6 Å². The van der Waals surface area contributed by atoms with E-state index in [9.17, 15) is 4.79 Å². The summed E-state index contributed by atoms with van der Waals surface area (Å²) in [5.41, 5.74) is 0.811. The van der Waals surface area contributed by atoms with Gasteiger partial charge in [-0.3, -0.25) is 0 Å². The topological polar surface area (TPSA) is 55.8 Å². The normalized spacial score (nSPS) is 11.9. The molecule has 0 aliphatic carbocycles. The van der Waals surface area contributed by atoms with Crippen LogP contribution in [0.25, 0.3) is 0 Å². The zero-order chi connectivity index (χ0) is 13.4. The number of carbonyl (C=O) groups excluding carboxylic acids is 1. The minimum Gasteiger partial charge on any atom is -0.479 e. The summed E-state index contributed by atoms with van der Waals surface area (Å²) in [6.45, 7) is 4.11. The highest BCUT2D eigenvalue weighted by Gasteiger charge is 2.20. The van der Waals surface area contributed by atoms with Gasteiger partial charge in [-0.25, -0.2) is 4.79 Å². The van der Waals surface area contributed by atoms with E-state index in [0.29, 0.717) is 18.8 Å². The Morgan fingerprint density at radius 3 is 2.44 bits per heavy atom. The third-order valence-corrected chi connectivity index (χ3v) is 2.48. The number of carbonyl (C=O) groups is 1. The molecule has 18 heavy (non-hydrogen) atoms. The van der Waals surface area contributed by atoms with Gasteiger partial charge in [-0.05, 0) is 31.0 Å². The Hall–Kier alpha value is -1.55. The molecule has 1 rings (SSSR count). The van der Waals surface area contributed by atoms with Crippen LogP contribution in [0, 0.1) is 0 Å². The molecule has 0 saturated heterocycles. The van der Waals surface area contributed by atoms with Gasteiger partial charge >= 0.3 is 5.97 Å². The third-order valence-electron chi connectivity index (χ3n) is 2.48. The van der Waals surface area contributed by atoms with Crippen molar-refractivity contribution in [2.24, 2.45) is 0 Å². The molecule has 4 heteroatoms. The first-order valence-corrected chi connectivity index (χ1v) is 6.24. The van der Waals surface area contributed by atoms with Crippen LogP contribution in [-0.2, 0) is 16.1 Å². The van der Waals surface area contributed by atoms with Crippen LogP contribution in [0.3, 0.4) is 0 Å². The molecule has 0 aromatic heterocycles. The molecule has 0 saturated carbocycles. The number of aliphatic hydroxyl groups excluding tert-OH is 1. The molecule has 0 fully saturated rings. The van der Waals surface area contributed by atoms with E-state index in [2.05, 4.69) is 0 Å². The lowest BCUT2D eigenvalue weighted by atomic mass is 10.2. The summed E-state index contributed by atoms with van der Waals surface area (Å²) in [5, 5.41) is 8.94. The standard InChI is InChI=1S/C14H20O4/c1-3-5-13(14(16)17-4-2)18-12-8-6-11(10-15)7-9-12/h6-9,13,15H,3-5,10H2,1-2H3. The Labute approximate surface area is 108 Å². The van der Waals surface area contributed by atoms with Crippen molar-refractivity contribution in [3.8, 4) is 5.75 Å². The lowest BCUT2D eigenvalue weighted by molar-refractivity contribution is -0.151. The second kappa shape index (κ2) is 7.71. The molecule has 0 amide bonds. The minimum absolute atomic E-state index is 0.00343. The molecule has 0 aliphatic heterocycles. The van der Waals surface area contributed by atoms with Gasteiger partial charge in [-0.1, -0.05) is 25.5 Å². The second-order valence-corrected chi connectivity index (χ2v) is 3.95. The van der Waals surface area contributed by atoms with Crippen molar-refractivity contribution >= 4 is 5.97 Å². The van der Waals surface area contributed by atoms with Gasteiger partial charge in [0, 0.05) is 0 Å². The van der Waals surface area contributed by atoms with E-state index in [1.807, 2.05) is 6.92 Å². The fourth-order valence-electron chi connectivity index (χ4n) is 1.56. The van der Waals surface area contributed by atoms with E-state index in [1.54, 1.807) is 31.2 Å². The van der Waals surface area contributed by atoms with E-state index in [0.717, 1.165) is 12.0 Å². The van der Waals surface area contributed by atoms with E-state index < -0.39 is 6.10 Å². The highest BCUT2D eigenvalue weighted by Crippen LogP contribution is 2.16. The highest BCUT2D eigenvalue weighted by molar-refractivity contribution is 5.75. The van der Waals surface area contributed by atoms with Crippen molar-refractivity contribution < 1.29 is 19.4 Å². The van der Waals surface area contributed by atoms with Gasteiger partial charge in [0.25, 0.3) is 0 Å². The molecule has 0 aliphatic rings. The summed E-state index contributed by atoms with van der Waals surface area (Å²) in [7, 11) is 0. The maximum absolute atomic E-state index is 11.7. The molecule has 1 atom stereocenters. The SMILES string of the molecule is CCCC(Oc1ccc(CO)cc1)C(=O)OCC. The van der Waals surface area contributed by atoms with E-state index in [-0.39, 0.29) is 12.6 Å². The fourth-order valence-corrected chi connectivity index (χ4v) is 1.56. The molecule has 0 bridgehead atoms. The lowest BCUT2D eigenvalue weighted by Crippen LogP contribution is -2.29. The van der Waals surface area contributed by atoms with Crippen LogP contribution in [0.2, 0.25) is 0 Å². The summed E-state index contributed by atoms with van der Waals surface area (Å²) in [6.07, 6.45) is 0.911. The Bertz CT molecular complexity index is 359. The monoisotopic (exact) mass is 252 g/mol. The van der Waals surface area contributed by atoms with Gasteiger partial charge in [-0.15, -0.1) is 0 Å². The summed E-state index contributed by atoms with van der Waals surface area (Å²) in [4.78, 5) is 11.7. The van der Waals surface area contributed by atoms with Gasteiger partial charge in [0.15, 0.2) is 6.10 Å². The number of hydrogen-bond acceptors (Lipinski definition) is 4. The van der Waals surface area contributed by atoms with Crippen LogP contribution in [0.15, 0.2) is 24.3 Å². The first kappa shape index (κ1) is 14.5. The second-order valence-electron chi connectivity index (χ2n) is 3.95. The number of rotatable bonds is 7. The van der Waals surface area contributed by atoms with Crippen LogP contribution in [-0.4, -0.2) is 23.8 Å². The summed E-state index contributed by atoms with van der Waals surface area (Å²) < 4.78 is 10.6. The first-order valence-electron chi connectivity index (χ1n) is 6.24. The summed E-state index contributed by atoms with van der Waals surface area (Å²) in [6, 6.07) is 7.02. The van der Waals surface area contributed by atoms with Crippen molar-refractivity contribution in [2.75, 3.05) is 6.61 Å². The molecular formula is C14H20O4. The average molecular weight is 252 g/mol. The number of aliphatic hydroxyl groups is 1. The minimum atomic E-state index is -0.560. The highest BCUT2D eigenvalue weighted by atomic mass is 16.6. The van der Waals surface area contributed by atoms with Gasteiger partial charge in [0.1, 0.15) is 5.75 Å². The van der Waals surface area contributed by atoms with Crippen molar-refractivity contribution in [2.45, 2.75) is 39.4 Å². The Balaban J connectivity index is 2.66. The molecule has 1 unspecified atom stereocenters. The maximum atomic E-state index is 11.7. The molecule has 1 aromatic carbocycles. The van der Waals surface area contributed by atoms with Crippen LogP contribution in [0.1, 0.15) is 32.3 Å². The smallest absolute Gasteiger partial charge is 0.347 e. The third kappa shape index (κ3) is 4.37. The Morgan fingerprint density at radius 1 is 1.28 bits per heavy atom. The quantitative estimate of drug-likeness (QED) is 0.756. The summed E-state index contributed by atoms with van der Waals surface area (Å²) >= 11 is 0. The lowest BCUT2D eigenvalue weighted by Gasteiger charge is -2.17. The predicted octanol–water partition coefficient (Wildman–Crippen LogP) is 2.29. The van der Waals surface area contributed by atoms with Crippen LogP contribution in [0.4, 0.5) is 0 Å². The number of benzene rings is 1. The first-order chi connectivity index (χ1) is 8.71. The Kier molecular flexibility index (Phi) is 6.22. The zero-order valence-corrected chi connectivity index (χ0v) is 10.9. The molecule has 100 valence electrons. The molecule has 4 nitrogen and oxygen atoms in total. The van der Waals surface area contributed by atoms with Crippen molar-refractivity contribution in [1.82, 2.24) is 0 Å². The van der Waals surface area contributed by atoms with Crippen molar-refractivity contribution in [3.05, 3.63) is 29.8 Å². The molecule has 0 radical (unpaired) electrons. The van der Waals surface area contributed by atoms with E-state index in [1.165, 1.54) is 0 Å². The van der Waals surface area contributed by atoms with Crippen LogP contribution >= 0.6 is 0 Å². The molecule has 1 N–H and O–H groups in total. The maximum Gasteiger partial charge on any atom is 0.347 e. The fraction of sp³-hybridized carbons (Fsp3) is 0.500. The molecule has 1 aromatic rings. The average Bonchev–Trinajstić information content (AvgIpc) is 2.39. The van der Waals surface area contributed by atoms with E-state index >= 15 is 0 Å². The molecular weight excluding hydrogens is 232 g/mol. The molecule has 0 spiro atoms. The van der Waals surface area contributed by atoms with Crippen molar-refractivity contribution in [1.29, 1.82) is 0 Å². The Morgan fingerprint density at radius 2 is 1.94 bits per heavy atom. The van der Waals surface area contributed by atoms with Crippen LogP contribution in [0.5, 0.6) is 5.75 Å². The van der Waals surface area contributed by atoms with Gasteiger partial charge < -0.3 is 14.6 Å². The largest absolute Gasteiger partial charge is 0.479 e. The van der Waals surface area contributed by atoms with Crippen LogP contribution < -0.4 is 4.74 Å².